The Bertz CT molecular complexity index is 548. The number of benzene rings is 1. The Labute approximate surface area is 178 Å². The van der Waals surface area contributed by atoms with E-state index in [9.17, 15) is 4.39 Å². The van der Waals surface area contributed by atoms with Gasteiger partial charge in [-0.2, -0.15) is 0 Å². The van der Waals surface area contributed by atoms with Crippen molar-refractivity contribution in [3.05, 3.63) is 30.1 Å². The van der Waals surface area contributed by atoms with E-state index in [2.05, 4.69) is 34.4 Å². The third-order valence-corrected chi connectivity index (χ3v) is 5.31. The number of hydrogen-bond donors (Lipinski definition) is 2. The fourth-order valence-electron chi connectivity index (χ4n) is 3.06. The van der Waals surface area contributed by atoms with Gasteiger partial charge in [-0.05, 0) is 30.9 Å². The molecule has 1 aliphatic heterocycles. The molecule has 26 heavy (non-hydrogen) atoms. The van der Waals surface area contributed by atoms with E-state index in [0.29, 0.717) is 10.9 Å². The highest BCUT2D eigenvalue weighted by Gasteiger charge is 2.20. The summed E-state index contributed by atoms with van der Waals surface area (Å²) in [4.78, 5) is 7.55. The van der Waals surface area contributed by atoms with Crippen LogP contribution in [0.5, 0.6) is 0 Å². The summed E-state index contributed by atoms with van der Waals surface area (Å²) in [6, 6.07) is 7.38. The lowest BCUT2D eigenvalue weighted by molar-refractivity contribution is 0.187. The molecule has 1 aromatic carbocycles. The predicted octanol–water partition coefficient (Wildman–Crippen LogP) is 3.82. The standard InChI is InChI=1S/C19H31FN4S.HI/c1-15(2)14-24-11-8-16(9-12-24)23-19(21-3)22-10-13-25-18-7-5-4-6-17(18)20;/h4-7,15-16H,8-14H2,1-3H3,(H2,21,22,23);1H. The molecule has 0 aromatic heterocycles. The van der Waals surface area contributed by atoms with Crippen molar-refractivity contribution in [1.29, 1.82) is 0 Å². The lowest BCUT2D eigenvalue weighted by Gasteiger charge is -2.33. The van der Waals surface area contributed by atoms with Gasteiger partial charge in [-0.3, -0.25) is 4.99 Å². The summed E-state index contributed by atoms with van der Waals surface area (Å²) < 4.78 is 13.6. The number of thioether (sulfide) groups is 1. The van der Waals surface area contributed by atoms with Gasteiger partial charge in [0.2, 0.25) is 0 Å². The number of aliphatic imine (C=N–C) groups is 1. The van der Waals surface area contributed by atoms with Gasteiger partial charge in [0.1, 0.15) is 5.82 Å². The second kappa shape index (κ2) is 12.8. The molecule has 0 radical (unpaired) electrons. The van der Waals surface area contributed by atoms with Crippen molar-refractivity contribution in [1.82, 2.24) is 15.5 Å². The Morgan fingerprint density at radius 3 is 2.62 bits per heavy atom. The Morgan fingerprint density at radius 1 is 1.31 bits per heavy atom. The van der Waals surface area contributed by atoms with E-state index >= 15 is 0 Å². The van der Waals surface area contributed by atoms with Gasteiger partial charge in [-0.15, -0.1) is 35.7 Å². The minimum Gasteiger partial charge on any atom is -0.356 e. The van der Waals surface area contributed by atoms with Crippen LogP contribution in [0.1, 0.15) is 26.7 Å². The average Bonchev–Trinajstić information content (AvgIpc) is 2.60. The molecule has 4 nitrogen and oxygen atoms in total. The van der Waals surface area contributed by atoms with Crippen LogP contribution in [0.25, 0.3) is 0 Å². The van der Waals surface area contributed by atoms with Crippen LogP contribution in [0.2, 0.25) is 0 Å². The van der Waals surface area contributed by atoms with E-state index in [1.54, 1.807) is 13.1 Å². The van der Waals surface area contributed by atoms with Gasteiger partial charge < -0.3 is 15.5 Å². The van der Waals surface area contributed by atoms with Crippen molar-refractivity contribution < 1.29 is 4.39 Å². The van der Waals surface area contributed by atoms with E-state index in [4.69, 9.17) is 0 Å². The molecule has 1 aliphatic rings. The van der Waals surface area contributed by atoms with Gasteiger partial charge in [0.05, 0.1) is 0 Å². The predicted molar refractivity (Wildman–Crippen MR) is 121 cm³/mol. The Morgan fingerprint density at radius 2 is 2.00 bits per heavy atom. The second-order valence-corrected chi connectivity index (χ2v) is 8.03. The number of hydrogen-bond acceptors (Lipinski definition) is 3. The maximum atomic E-state index is 13.6. The average molecular weight is 494 g/mol. The van der Waals surface area contributed by atoms with Crippen molar-refractivity contribution in [2.45, 2.75) is 37.6 Å². The van der Waals surface area contributed by atoms with E-state index in [-0.39, 0.29) is 29.8 Å². The largest absolute Gasteiger partial charge is 0.356 e. The second-order valence-electron chi connectivity index (χ2n) is 6.89. The van der Waals surface area contributed by atoms with E-state index in [1.807, 2.05) is 12.1 Å². The molecule has 0 saturated carbocycles. The summed E-state index contributed by atoms with van der Waals surface area (Å²) >= 11 is 1.52. The maximum absolute atomic E-state index is 13.6. The normalized spacial score (nSPS) is 16.4. The number of rotatable bonds is 7. The van der Waals surface area contributed by atoms with E-state index < -0.39 is 0 Å². The third kappa shape index (κ3) is 8.43. The molecule has 2 N–H and O–H groups in total. The zero-order valence-electron chi connectivity index (χ0n) is 16.0. The Hall–Kier alpha value is -0.540. The first-order chi connectivity index (χ1) is 12.1. The number of halogens is 2. The van der Waals surface area contributed by atoms with Crippen LogP contribution < -0.4 is 10.6 Å². The van der Waals surface area contributed by atoms with Crippen LogP contribution in [0.4, 0.5) is 4.39 Å². The summed E-state index contributed by atoms with van der Waals surface area (Å²) in [5.41, 5.74) is 0. The molecule has 1 aromatic rings. The zero-order chi connectivity index (χ0) is 18.1. The molecule has 1 fully saturated rings. The fourth-order valence-corrected chi connectivity index (χ4v) is 3.86. The lowest BCUT2D eigenvalue weighted by atomic mass is 10.0. The van der Waals surface area contributed by atoms with E-state index in [1.165, 1.54) is 24.4 Å². The fraction of sp³-hybridized carbons (Fsp3) is 0.632. The quantitative estimate of drug-likeness (QED) is 0.199. The number of piperidine rings is 1. The van der Waals surface area contributed by atoms with Crippen molar-refractivity contribution in [2.75, 3.05) is 39.0 Å². The van der Waals surface area contributed by atoms with Crippen LogP contribution in [0.15, 0.2) is 34.2 Å². The van der Waals surface area contributed by atoms with E-state index in [0.717, 1.165) is 50.1 Å². The maximum Gasteiger partial charge on any atom is 0.191 e. The molecular formula is C19H32FIN4S. The topological polar surface area (TPSA) is 39.7 Å². The van der Waals surface area contributed by atoms with Crippen LogP contribution in [-0.4, -0.2) is 55.9 Å². The van der Waals surface area contributed by atoms with Crippen molar-refractivity contribution in [3.63, 3.8) is 0 Å². The molecule has 0 bridgehead atoms. The van der Waals surface area contributed by atoms with Gasteiger partial charge in [0, 0.05) is 49.9 Å². The van der Waals surface area contributed by atoms with Gasteiger partial charge in [0.15, 0.2) is 5.96 Å². The summed E-state index contributed by atoms with van der Waals surface area (Å²) in [6.07, 6.45) is 2.30. The monoisotopic (exact) mass is 494 g/mol. The number of likely N-dealkylation sites (tertiary alicyclic amines) is 1. The Balaban J connectivity index is 0.00000338. The van der Waals surface area contributed by atoms with Crippen LogP contribution >= 0.6 is 35.7 Å². The van der Waals surface area contributed by atoms with Gasteiger partial charge >= 0.3 is 0 Å². The van der Waals surface area contributed by atoms with Crippen molar-refractivity contribution >= 4 is 41.7 Å². The molecule has 0 aliphatic carbocycles. The number of nitrogens with one attached hydrogen (secondary N) is 2. The highest BCUT2D eigenvalue weighted by atomic mass is 127. The Kier molecular flexibility index (Phi) is 11.5. The highest BCUT2D eigenvalue weighted by Crippen LogP contribution is 2.20. The third-order valence-electron chi connectivity index (χ3n) is 4.26. The van der Waals surface area contributed by atoms with Crippen LogP contribution in [0, 0.1) is 11.7 Å². The molecule has 2 rings (SSSR count). The molecule has 0 unspecified atom stereocenters. The molecule has 0 atom stereocenters. The molecule has 1 heterocycles. The number of guanidine groups is 1. The summed E-state index contributed by atoms with van der Waals surface area (Å²) in [5, 5.41) is 6.85. The minimum atomic E-state index is -0.150. The van der Waals surface area contributed by atoms with Crippen molar-refractivity contribution in [2.24, 2.45) is 10.9 Å². The zero-order valence-corrected chi connectivity index (χ0v) is 19.1. The first-order valence-electron chi connectivity index (χ1n) is 9.15. The number of nitrogens with zero attached hydrogens (tertiary/aromatic N) is 2. The summed E-state index contributed by atoms with van der Waals surface area (Å²) in [6.45, 7) is 8.79. The van der Waals surface area contributed by atoms with Gasteiger partial charge in [0.25, 0.3) is 0 Å². The molecule has 7 heteroatoms. The van der Waals surface area contributed by atoms with Crippen LogP contribution in [-0.2, 0) is 0 Å². The van der Waals surface area contributed by atoms with Crippen molar-refractivity contribution in [3.8, 4) is 0 Å². The summed E-state index contributed by atoms with van der Waals surface area (Å²) in [5.74, 6) is 2.22. The summed E-state index contributed by atoms with van der Waals surface area (Å²) in [7, 11) is 1.80. The molecular weight excluding hydrogens is 462 g/mol. The first-order valence-corrected chi connectivity index (χ1v) is 10.1. The SMILES string of the molecule is CN=C(NCCSc1ccccc1F)NC1CCN(CC(C)C)CC1.I. The van der Waals surface area contributed by atoms with Crippen LogP contribution in [0.3, 0.4) is 0 Å². The molecule has 1 saturated heterocycles. The van der Waals surface area contributed by atoms with Gasteiger partial charge in [-0.25, -0.2) is 4.39 Å². The smallest absolute Gasteiger partial charge is 0.191 e. The molecule has 0 amide bonds. The molecule has 148 valence electrons. The minimum absolute atomic E-state index is 0. The lowest BCUT2D eigenvalue weighted by Crippen LogP contribution is -2.49. The highest BCUT2D eigenvalue weighted by molar-refractivity contribution is 14.0. The first kappa shape index (κ1) is 23.5. The molecule has 0 spiro atoms. The van der Waals surface area contributed by atoms with Gasteiger partial charge in [-0.1, -0.05) is 26.0 Å².